The summed E-state index contributed by atoms with van der Waals surface area (Å²) in [5.74, 6) is -1.17. The Morgan fingerprint density at radius 1 is 0.930 bits per heavy atom. The molecule has 2 aromatic carbocycles. The van der Waals surface area contributed by atoms with Gasteiger partial charge in [0.15, 0.2) is 18.1 Å². The van der Waals surface area contributed by atoms with Crippen LogP contribution in [0, 0.1) is 6.92 Å². The third-order valence-corrected chi connectivity index (χ3v) is 9.44. The molecule has 3 unspecified atom stereocenters. The lowest BCUT2D eigenvalue weighted by Gasteiger charge is -2.47. The number of hydrogen-bond donors (Lipinski definition) is 0. The zero-order chi connectivity index (χ0) is 30.0. The maximum Gasteiger partial charge on any atom is 0.519 e. The number of ether oxygens (including phenoxy) is 4. The third kappa shape index (κ3) is 5.61. The first kappa shape index (κ1) is 29.2. The predicted octanol–water partition coefficient (Wildman–Crippen LogP) is 5.35. The largest absolute Gasteiger partial charge is 0.519 e. The normalized spacial score (nSPS) is 23.2. The molecule has 3 fully saturated rings. The molecule has 3 aromatic rings. The Morgan fingerprint density at radius 2 is 1.51 bits per heavy atom. The van der Waals surface area contributed by atoms with Crippen LogP contribution < -0.4 is 5.82 Å². The summed E-state index contributed by atoms with van der Waals surface area (Å²) in [6, 6.07) is 19.3. The maximum absolute atomic E-state index is 14.5. The lowest BCUT2D eigenvalue weighted by molar-refractivity contribution is -0.956. The molecule has 1 spiro atoms. The van der Waals surface area contributed by atoms with Crippen molar-refractivity contribution in [1.82, 2.24) is 0 Å². The van der Waals surface area contributed by atoms with Crippen molar-refractivity contribution in [3.05, 3.63) is 93.9 Å². The van der Waals surface area contributed by atoms with E-state index in [0.717, 1.165) is 12.8 Å². The van der Waals surface area contributed by atoms with Crippen LogP contribution in [0.2, 0.25) is 0 Å². The molecule has 1 aromatic heterocycles. The molecule has 3 saturated heterocycles. The summed E-state index contributed by atoms with van der Waals surface area (Å²) in [6.07, 6.45) is 4.05. The van der Waals surface area contributed by atoms with Gasteiger partial charge in [-0.1, -0.05) is 60.7 Å². The Morgan fingerprint density at radius 3 is 2.05 bits per heavy atom. The van der Waals surface area contributed by atoms with Crippen molar-refractivity contribution >= 4 is 12.1 Å². The Hall–Kier alpha value is -3.89. The van der Waals surface area contributed by atoms with Gasteiger partial charge in [-0.2, -0.15) is 0 Å². The molecule has 228 valence electrons. The summed E-state index contributed by atoms with van der Waals surface area (Å²) >= 11 is 0. The Bertz CT molecular complexity index is 1420. The fraction of sp³-hybridized carbons (Fsp3) is 0.485. The number of quaternary nitrogens is 1. The topological polar surface area (TPSA) is 114 Å². The summed E-state index contributed by atoms with van der Waals surface area (Å²) in [5, 5.41) is 0. The van der Waals surface area contributed by atoms with Crippen molar-refractivity contribution in [3.8, 4) is 0 Å². The number of rotatable bonds is 9. The van der Waals surface area contributed by atoms with Gasteiger partial charge in [-0.05, 0) is 25.0 Å². The van der Waals surface area contributed by atoms with Gasteiger partial charge in [0.25, 0.3) is 0 Å². The quantitative estimate of drug-likeness (QED) is 0.184. The Kier molecular flexibility index (Phi) is 8.15. The van der Waals surface area contributed by atoms with E-state index in [4.69, 9.17) is 27.8 Å². The lowest BCUT2D eigenvalue weighted by Crippen LogP contribution is -2.60. The van der Waals surface area contributed by atoms with Gasteiger partial charge in [-0.15, -0.1) is 0 Å². The highest BCUT2D eigenvalue weighted by atomic mass is 16.8. The first-order valence-corrected chi connectivity index (χ1v) is 15.1. The molecule has 6 rings (SSSR count). The molecule has 3 aliphatic rings. The number of carbonyl (C=O) groups excluding carboxylic acids is 2. The molecule has 0 N–H and O–H groups in total. The van der Waals surface area contributed by atoms with Crippen LogP contribution in [0.3, 0.4) is 0 Å². The van der Waals surface area contributed by atoms with Gasteiger partial charge in [0.2, 0.25) is 11.9 Å². The second kappa shape index (κ2) is 12.0. The minimum atomic E-state index is -1.72. The van der Waals surface area contributed by atoms with Crippen LogP contribution in [-0.4, -0.2) is 54.2 Å². The van der Waals surface area contributed by atoms with Crippen LogP contribution in [0.25, 0.3) is 0 Å². The number of carbonyl (C=O) groups is 2. The molecule has 0 aliphatic carbocycles. The molecule has 0 radical (unpaired) electrons. The summed E-state index contributed by atoms with van der Waals surface area (Å²) in [4.78, 5) is 38.4. The molecule has 2 bridgehead atoms. The van der Waals surface area contributed by atoms with Crippen molar-refractivity contribution in [1.29, 1.82) is 0 Å². The van der Waals surface area contributed by atoms with Crippen molar-refractivity contribution in [3.63, 3.8) is 0 Å². The number of piperidine rings is 1. The summed E-state index contributed by atoms with van der Waals surface area (Å²) in [7, 11) is 0. The molecule has 10 heteroatoms. The van der Waals surface area contributed by atoms with Crippen molar-refractivity contribution in [2.24, 2.45) is 0 Å². The highest BCUT2D eigenvalue weighted by Crippen LogP contribution is 2.47. The molecule has 10 nitrogen and oxygen atoms in total. The van der Waals surface area contributed by atoms with Crippen LogP contribution in [-0.2, 0) is 35.9 Å². The molecule has 0 saturated carbocycles. The van der Waals surface area contributed by atoms with Crippen LogP contribution >= 0.6 is 0 Å². The van der Waals surface area contributed by atoms with E-state index in [1.807, 2.05) is 36.4 Å². The fourth-order valence-corrected chi connectivity index (χ4v) is 7.55. The Labute approximate surface area is 250 Å². The number of esters is 1. The fourth-order valence-electron chi connectivity index (χ4n) is 7.55. The van der Waals surface area contributed by atoms with Crippen LogP contribution in [0.15, 0.2) is 74.3 Å². The standard InChI is InChI=1S/C33H38NO9/c1-22-29(42-32(37)39-22)21-38-31(36)40-23(2)43-33(24-11-5-3-6-12-24,25-13-7-4-8-14-25)30(35)41-28-19-26-15-16-27(20-28)34(26)17-9-10-18-34/h3-8,11-14,23,26-28H,9-10,15-21H2,1-2H3/q+1. The smallest absolute Gasteiger partial charge is 0.459 e. The number of aryl methyl sites for hydroxylation is 1. The molecular weight excluding hydrogens is 554 g/mol. The van der Waals surface area contributed by atoms with E-state index in [-0.39, 0.29) is 24.2 Å². The number of hydrogen-bond acceptors (Lipinski definition) is 9. The van der Waals surface area contributed by atoms with Gasteiger partial charge in [-0.25, -0.2) is 14.4 Å². The van der Waals surface area contributed by atoms with Gasteiger partial charge in [0.05, 0.1) is 25.2 Å². The molecule has 3 atom stereocenters. The third-order valence-electron chi connectivity index (χ3n) is 9.44. The highest BCUT2D eigenvalue weighted by Gasteiger charge is 2.57. The predicted molar refractivity (Wildman–Crippen MR) is 153 cm³/mol. The van der Waals surface area contributed by atoms with E-state index in [9.17, 15) is 14.4 Å². The summed E-state index contributed by atoms with van der Waals surface area (Å²) < 4.78 is 34.2. The highest BCUT2D eigenvalue weighted by molar-refractivity contribution is 5.86. The molecule has 43 heavy (non-hydrogen) atoms. The van der Waals surface area contributed by atoms with Crippen molar-refractivity contribution in [2.75, 3.05) is 13.1 Å². The second-order valence-electron chi connectivity index (χ2n) is 11.8. The number of nitrogens with zero attached hydrogens (tertiary/aromatic N) is 1. The zero-order valence-electron chi connectivity index (χ0n) is 24.6. The SMILES string of the molecule is Cc1oc(=O)oc1COC(=O)OC(C)OC(C(=O)OC1CC2CCC(C1)[N+]21CCCC1)(c1ccccc1)c1ccccc1. The van der Waals surface area contributed by atoms with Gasteiger partial charge < -0.3 is 32.3 Å². The minimum Gasteiger partial charge on any atom is -0.459 e. The maximum atomic E-state index is 14.5. The second-order valence-corrected chi connectivity index (χ2v) is 11.8. The minimum absolute atomic E-state index is 0.0708. The lowest BCUT2D eigenvalue weighted by atomic mass is 9.85. The van der Waals surface area contributed by atoms with Gasteiger partial charge in [0.1, 0.15) is 6.10 Å². The molecular formula is C33H38NO9+. The van der Waals surface area contributed by atoms with E-state index in [2.05, 4.69) is 0 Å². The van der Waals surface area contributed by atoms with E-state index < -0.39 is 29.8 Å². The monoisotopic (exact) mass is 592 g/mol. The van der Waals surface area contributed by atoms with Crippen molar-refractivity contribution < 1.29 is 41.9 Å². The average Bonchev–Trinajstić information content (AvgIpc) is 3.66. The zero-order valence-corrected chi connectivity index (χ0v) is 24.6. The average molecular weight is 593 g/mol. The van der Waals surface area contributed by atoms with Gasteiger partial charge in [0, 0.05) is 38.5 Å². The first-order chi connectivity index (χ1) is 20.8. The first-order valence-electron chi connectivity index (χ1n) is 15.1. The van der Waals surface area contributed by atoms with Crippen molar-refractivity contribution in [2.45, 2.75) is 89.1 Å². The van der Waals surface area contributed by atoms with Crippen LogP contribution in [0.1, 0.15) is 68.1 Å². The summed E-state index contributed by atoms with van der Waals surface area (Å²) in [5.41, 5.74) is -0.618. The van der Waals surface area contributed by atoms with Gasteiger partial charge >= 0.3 is 17.9 Å². The van der Waals surface area contributed by atoms with Crippen LogP contribution in [0.5, 0.6) is 0 Å². The van der Waals surface area contributed by atoms with E-state index in [1.54, 1.807) is 24.3 Å². The summed E-state index contributed by atoms with van der Waals surface area (Å²) in [6.45, 7) is 5.13. The Balaban J connectivity index is 1.24. The molecule has 0 amide bonds. The number of benzene rings is 2. The van der Waals surface area contributed by atoms with Crippen LogP contribution in [0.4, 0.5) is 4.79 Å². The van der Waals surface area contributed by atoms with E-state index in [1.165, 1.54) is 57.1 Å². The van der Waals surface area contributed by atoms with Gasteiger partial charge in [-0.3, -0.25) is 0 Å². The molecule has 3 aliphatic heterocycles. The van der Waals surface area contributed by atoms with E-state index >= 15 is 0 Å². The van der Waals surface area contributed by atoms with E-state index in [0.29, 0.717) is 23.2 Å². The molecule has 4 heterocycles.